The SMILES string of the molecule is NCCN(CC(=O)Nc1ccccc1Cl)C1CS(=O)(=O)CC1O. The highest BCUT2D eigenvalue weighted by molar-refractivity contribution is 7.91. The summed E-state index contributed by atoms with van der Waals surface area (Å²) in [5, 5.41) is 13.0. The first kappa shape index (κ1) is 18.2. The van der Waals surface area contributed by atoms with E-state index in [1.54, 1.807) is 29.2 Å². The Hall–Kier alpha value is -1.19. The minimum atomic E-state index is -3.29. The van der Waals surface area contributed by atoms with Crippen molar-refractivity contribution in [2.45, 2.75) is 12.1 Å². The van der Waals surface area contributed by atoms with E-state index >= 15 is 0 Å². The highest BCUT2D eigenvalue weighted by Gasteiger charge is 2.40. The average molecular weight is 362 g/mol. The Morgan fingerprint density at radius 3 is 2.65 bits per heavy atom. The lowest BCUT2D eigenvalue weighted by molar-refractivity contribution is -0.118. The van der Waals surface area contributed by atoms with Crippen LogP contribution in [0.15, 0.2) is 24.3 Å². The molecule has 1 fully saturated rings. The van der Waals surface area contributed by atoms with Gasteiger partial charge in [0.25, 0.3) is 0 Å². The number of nitrogens with two attached hydrogens (primary N) is 1. The maximum atomic E-state index is 12.2. The topological polar surface area (TPSA) is 113 Å². The first-order valence-electron chi connectivity index (χ1n) is 7.19. The molecule has 1 aromatic rings. The summed E-state index contributed by atoms with van der Waals surface area (Å²) in [5.74, 6) is -0.804. The van der Waals surface area contributed by atoms with Crippen molar-refractivity contribution in [2.24, 2.45) is 5.73 Å². The van der Waals surface area contributed by atoms with Crippen molar-refractivity contribution >= 4 is 33.0 Å². The smallest absolute Gasteiger partial charge is 0.238 e. The van der Waals surface area contributed by atoms with E-state index in [1.165, 1.54) is 0 Å². The molecule has 1 aromatic carbocycles. The van der Waals surface area contributed by atoms with Gasteiger partial charge in [0, 0.05) is 13.1 Å². The lowest BCUT2D eigenvalue weighted by atomic mass is 10.1. The van der Waals surface area contributed by atoms with Crippen molar-refractivity contribution in [1.82, 2.24) is 4.90 Å². The Morgan fingerprint density at radius 1 is 1.39 bits per heavy atom. The summed E-state index contributed by atoms with van der Waals surface area (Å²) in [7, 11) is -3.29. The van der Waals surface area contributed by atoms with Gasteiger partial charge in [-0.05, 0) is 12.1 Å². The normalized spacial score (nSPS) is 23.1. The molecule has 2 rings (SSSR count). The number of aliphatic hydroxyl groups is 1. The number of sulfone groups is 1. The minimum Gasteiger partial charge on any atom is -0.390 e. The lowest BCUT2D eigenvalue weighted by Gasteiger charge is -2.29. The van der Waals surface area contributed by atoms with Crippen molar-refractivity contribution in [1.29, 1.82) is 0 Å². The molecule has 0 saturated carbocycles. The molecule has 1 saturated heterocycles. The predicted molar refractivity (Wildman–Crippen MR) is 89.2 cm³/mol. The van der Waals surface area contributed by atoms with Crippen LogP contribution in [0.5, 0.6) is 0 Å². The molecular formula is C14H20ClN3O4S. The summed E-state index contributed by atoms with van der Waals surface area (Å²) in [6, 6.07) is 6.19. The lowest BCUT2D eigenvalue weighted by Crippen LogP contribution is -2.48. The van der Waals surface area contributed by atoms with Crippen LogP contribution in [0.4, 0.5) is 5.69 Å². The second-order valence-corrected chi connectivity index (χ2v) is 8.06. The second-order valence-electron chi connectivity index (χ2n) is 5.50. The summed E-state index contributed by atoms with van der Waals surface area (Å²) in [4.78, 5) is 13.8. The van der Waals surface area contributed by atoms with E-state index in [1.807, 2.05) is 0 Å². The molecule has 1 amide bonds. The van der Waals surface area contributed by atoms with Crippen LogP contribution >= 0.6 is 11.6 Å². The number of nitrogens with zero attached hydrogens (tertiary/aromatic N) is 1. The number of hydrogen-bond donors (Lipinski definition) is 3. The molecule has 2 unspecified atom stereocenters. The van der Waals surface area contributed by atoms with Gasteiger partial charge in [-0.3, -0.25) is 9.69 Å². The van der Waals surface area contributed by atoms with Crippen LogP contribution in [0.1, 0.15) is 0 Å². The van der Waals surface area contributed by atoms with Crippen molar-refractivity contribution in [3.05, 3.63) is 29.3 Å². The molecule has 128 valence electrons. The van der Waals surface area contributed by atoms with E-state index in [2.05, 4.69) is 5.32 Å². The van der Waals surface area contributed by atoms with E-state index in [0.29, 0.717) is 17.3 Å². The molecule has 0 bridgehead atoms. The molecule has 9 heteroatoms. The van der Waals surface area contributed by atoms with Gasteiger partial charge in [0.05, 0.1) is 40.9 Å². The monoisotopic (exact) mass is 361 g/mol. The molecule has 1 heterocycles. The van der Waals surface area contributed by atoms with Gasteiger partial charge in [0.2, 0.25) is 5.91 Å². The van der Waals surface area contributed by atoms with Crippen LogP contribution in [0.3, 0.4) is 0 Å². The van der Waals surface area contributed by atoms with Crippen LogP contribution < -0.4 is 11.1 Å². The van der Waals surface area contributed by atoms with Gasteiger partial charge in [-0.15, -0.1) is 0 Å². The molecule has 23 heavy (non-hydrogen) atoms. The fourth-order valence-corrected chi connectivity index (χ4v) is 4.64. The number of halogens is 1. The number of carbonyl (C=O) groups is 1. The van der Waals surface area contributed by atoms with Crippen LogP contribution in [-0.2, 0) is 14.6 Å². The molecule has 0 aliphatic carbocycles. The largest absolute Gasteiger partial charge is 0.390 e. The Bertz CT molecular complexity index is 668. The van der Waals surface area contributed by atoms with Crippen molar-refractivity contribution in [3.63, 3.8) is 0 Å². The molecule has 1 aliphatic heterocycles. The van der Waals surface area contributed by atoms with Gasteiger partial charge in [-0.1, -0.05) is 23.7 Å². The average Bonchev–Trinajstić information content (AvgIpc) is 2.74. The van der Waals surface area contributed by atoms with Crippen LogP contribution in [0, 0.1) is 0 Å². The number of carbonyl (C=O) groups excluding carboxylic acids is 1. The number of anilines is 1. The fourth-order valence-electron chi connectivity index (χ4n) is 2.62. The number of aliphatic hydroxyl groups excluding tert-OH is 1. The Balaban J connectivity index is 2.04. The van der Waals surface area contributed by atoms with Gasteiger partial charge in [-0.25, -0.2) is 8.42 Å². The van der Waals surface area contributed by atoms with Gasteiger partial charge in [0.1, 0.15) is 0 Å². The van der Waals surface area contributed by atoms with Crippen LogP contribution in [-0.4, -0.2) is 67.6 Å². The number of hydrogen-bond acceptors (Lipinski definition) is 6. The molecule has 0 spiro atoms. The number of rotatable bonds is 6. The zero-order chi connectivity index (χ0) is 17.0. The van der Waals surface area contributed by atoms with Crippen LogP contribution in [0.2, 0.25) is 5.02 Å². The van der Waals surface area contributed by atoms with Gasteiger partial charge in [-0.2, -0.15) is 0 Å². The molecule has 0 radical (unpaired) electrons. The molecule has 7 nitrogen and oxygen atoms in total. The molecule has 2 atom stereocenters. The maximum absolute atomic E-state index is 12.2. The quantitative estimate of drug-likeness (QED) is 0.641. The third-order valence-electron chi connectivity index (χ3n) is 3.67. The highest BCUT2D eigenvalue weighted by Crippen LogP contribution is 2.21. The molecule has 0 aromatic heterocycles. The number of benzene rings is 1. The molecular weight excluding hydrogens is 342 g/mol. The Morgan fingerprint density at radius 2 is 2.09 bits per heavy atom. The van der Waals surface area contributed by atoms with Gasteiger partial charge >= 0.3 is 0 Å². The van der Waals surface area contributed by atoms with Gasteiger partial charge < -0.3 is 16.2 Å². The van der Waals surface area contributed by atoms with E-state index in [4.69, 9.17) is 17.3 Å². The predicted octanol–water partition coefficient (Wildman–Crippen LogP) is -0.303. The van der Waals surface area contributed by atoms with Crippen molar-refractivity contribution < 1.29 is 18.3 Å². The first-order chi connectivity index (χ1) is 10.8. The van der Waals surface area contributed by atoms with Crippen LogP contribution in [0.25, 0.3) is 0 Å². The van der Waals surface area contributed by atoms with E-state index in [-0.39, 0.29) is 30.5 Å². The Labute approximate surface area is 140 Å². The fraction of sp³-hybridized carbons (Fsp3) is 0.500. The summed E-state index contributed by atoms with van der Waals surface area (Å²) in [6.45, 7) is 0.496. The zero-order valence-corrected chi connectivity index (χ0v) is 14.1. The minimum absolute atomic E-state index is 0.0698. The van der Waals surface area contributed by atoms with Crippen molar-refractivity contribution in [3.8, 4) is 0 Å². The summed E-state index contributed by atoms with van der Waals surface area (Å²) in [5.41, 5.74) is 6.02. The van der Waals surface area contributed by atoms with Gasteiger partial charge in [0.15, 0.2) is 9.84 Å². The molecule has 1 aliphatic rings. The number of nitrogens with one attached hydrogen (secondary N) is 1. The number of amides is 1. The molecule has 4 N–H and O–H groups in total. The second kappa shape index (κ2) is 7.59. The third-order valence-corrected chi connectivity index (χ3v) is 5.70. The van der Waals surface area contributed by atoms with E-state index in [9.17, 15) is 18.3 Å². The maximum Gasteiger partial charge on any atom is 0.238 e. The number of para-hydroxylation sites is 1. The third kappa shape index (κ3) is 4.89. The Kier molecular flexibility index (Phi) is 5.99. The summed E-state index contributed by atoms with van der Waals surface area (Å²) in [6.07, 6.45) is -1.01. The first-order valence-corrected chi connectivity index (χ1v) is 9.39. The van der Waals surface area contributed by atoms with E-state index < -0.39 is 22.0 Å². The van der Waals surface area contributed by atoms with Crippen molar-refractivity contribution in [2.75, 3.05) is 36.5 Å². The standard InChI is InChI=1S/C14H20ClN3O4S/c15-10-3-1-2-4-11(10)17-14(20)7-18(6-5-16)12-8-23(21,22)9-13(12)19/h1-4,12-13,19H,5-9,16H2,(H,17,20). The summed E-state index contributed by atoms with van der Waals surface area (Å²) < 4.78 is 23.3. The zero-order valence-electron chi connectivity index (χ0n) is 12.5. The van der Waals surface area contributed by atoms with E-state index in [0.717, 1.165) is 0 Å². The summed E-state index contributed by atoms with van der Waals surface area (Å²) >= 11 is 5.99. The highest BCUT2D eigenvalue weighted by atomic mass is 35.5.